The summed E-state index contributed by atoms with van der Waals surface area (Å²) in [6, 6.07) is 3.81. The predicted molar refractivity (Wildman–Crippen MR) is 63.9 cm³/mol. The van der Waals surface area contributed by atoms with E-state index in [1.807, 2.05) is 24.4 Å². The van der Waals surface area contributed by atoms with E-state index < -0.39 is 0 Å². The first kappa shape index (κ1) is 10.4. The number of aryl methyl sites for hydroxylation is 1. The molecule has 0 amide bonds. The number of hydrogen-bond donors (Lipinski definition) is 1. The van der Waals surface area contributed by atoms with Crippen LogP contribution in [0.1, 0.15) is 11.3 Å². The van der Waals surface area contributed by atoms with Gasteiger partial charge in [0.15, 0.2) is 5.13 Å². The van der Waals surface area contributed by atoms with E-state index in [-0.39, 0.29) is 0 Å². The Bertz CT molecular complexity index is 455. The number of rotatable bonds is 3. The summed E-state index contributed by atoms with van der Waals surface area (Å²) in [6.45, 7) is 1.96. The zero-order valence-corrected chi connectivity index (χ0v) is 9.77. The van der Waals surface area contributed by atoms with Gasteiger partial charge in [-0.05, 0) is 24.6 Å². The van der Waals surface area contributed by atoms with Gasteiger partial charge in [0.25, 0.3) is 0 Å². The summed E-state index contributed by atoms with van der Waals surface area (Å²) in [5.74, 6) is 1.27. The number of aromatic nitrogens is 2. The van der Waals surface area contributed by atoms with Crippen molar-refractivity contribution in [2.75, 3.05) is 5.32 Å². The van der Waals surface area contributed by atoms with Crippen molar-refractivity contribution in [2.24, 2.45) is 0 Å². The molecule has 3 nitrogen and oxygen atoms in total. The molecule has 2 aromatic rings. The number of hydrogen-bond acceptors (Lipinski definition) is 4. The second-order valence-corrected chi connectivity index (χ2v) is 4.23. The Hall–Kier alpha value is -1.13. The third-order valence-electron chi connectivity index (χ3n) is 1.83. The molecule has 15 heavy (non-hydrogen) atoms. The van der Waals surface area contributed by atoms with Crippen LogP contribution in [0.5, 0.6) is 0 Å². The monoisotopic (exact) mass is 239 g/mol. The summed E-state index contributed by atoms with van der Waals surface area (Å²) in [7, 11) is 0. The molecule has 0 aliphatic heterocycles. The van der Waals surface area contributed by atoms with Crippen LogP contribution in [0.3, 0.4) is 0 Å². The molecule has 0 aliphatic rings. The molecule has 0 fully saturated rings. The van der Waals surface area contributed by atoms with E-state index in [0.717, 1.165) is 22.2 Å². The second-order valence-electron chi connectivity index (χ2n) is 3.10. The van der Waals surface area contributed by atoms with Crippen LogP contribution >= 0.6 is 22.9 Å². The third-order valence-corrected chi connectivity index (χ3v) is 3.02. The molecule has 0 spiro atoms. The minimum atomic E-state index is 0.494. The molecule has 0 unspecified atom stereocenters. The highest BCUT2D eigenvalue weighted by atomic mass is 35.5. The van der Waals surface area contributed by atoms with Crippen molar-refractivity contribution >= 4 is 33.9 Å². The first-order valence-corrected chi connectivity index (χ1v) is 5.89. The Morgan fingerprint density at radius 3 is 3.07 bits per heavy atom. The number of halogens is 1. The molecule has 0 aliphatic carbocycles. The molecular weight excluding hydrogens is 230 g/mol. The van der Waals surface area contributed by atoms with E-state index in [1.165, 1.54) is 0 Å². The Morgan fingerprint density at radius 2 is 2.40 bits per heavy atom. The fraction of sp³-hybridized carbons (Fsp3) is 0.200. The summed E-state index contributed by atoms with van der Waals surface area (Å²) < 4.78 is 0. The molecule has 5 heteroatoms. The fourth-order valence-corrected chi connectivity index (χ4v) is 2.01. The largest absolute Gasteiger partial charge is 0.316 e. The Balaban J connectivity index is 2.16. The Labute approximate surface area is 97.2 Å². The normalized spacial score (nSPS) is 10.3. The molecule has 0 bridgehead atoms. The van der Waals surface area contributed by atoms with E-state index in [1.54, 1.807) is 17.5 Å². The lowest BCUT2D eigenvalue weighted by Crippen LogP contribution is -1.93. The maximum absolute atomic E-state index is 5.74. The van der Waals surface area contributed by atoms with Crippen molar-refractivity contribution in [3.63, 3.8) is 0 Å². The van der Waals surface area contributed by atoms with Gasteiger partial charge in [-0.3, -0.25) is 0 Å². The highest BCUT2D eigenvalue weighted by molar-refractivity contribution is 7.13. The first-order chi connectivity index (χ1) is 7.28. The first-order valence-electron chi connectivity index (χ1n) is 4.48. The van der Waals surface area contributed by atoms with Crippen LogP contribution in [0, 0.1) is 6.92 Å². The number of nitrogens with zero attached hydrogens (tertiary/aromatic N) is 2. The van der Waals surface area contributed by atoms with Crippen LogP contribution in [0.25, 0.3) is 0 Å². The molecular formula is C10H10ClN3S. The molecule has 0 radical (unpaired) electrons. The summed E-state index contributed by atoms with van der Waals surface area (Å²) >= 11 is 7.30. The minimum Gasteiger partial charge on any atom is -0.316 e. The van der Waals surface area contributed by atoms with Gasteiger partial charge >= 0.3 is 0 Å². The number of nitrogens with one attached hydrogen (secondary N) is 1. The van der Waals surface area contributed by atoms with Gasteiger partial charge in [0.2, 0.25) is 0 Å². The van der Waals surface area contributed by atoms with Gasteiger partial charge in [-0.2, -0.15) is 0 Å². The van der Waals surface area contributed by atoms with Gasteiger partial charge < -0.3 is 5.32 Å². The Morgan fingerprint density at radius 1 is 1.53 bits per heavy atom. The molecule has 2 heterocycles. The molecule has 2 aromatic heterocycles. The summed E-state index contributed by atoms with van der Waals surface area (Å²) in [6.07, 6.45) is 1.74. The zero-order chi connectivity index (χ0) is 10.7. The topological polar surface area (TPSA) is 37.8 Å². The number of pyridine rings is 1. The standard InChI is InChI=1S/C10H10ClN3S/c1-7-6-15-10(13-7)14-9-4-8(5-11)2-3-12-9/h2-4,6H,5H2,1H3,(H,12,13,14). The van der Waals surface area contributed by atoms with Gasteiger partial charge in [-0.25, -0.2) is 9.97 Å². The molecule has 78 valence electrons. The zero-order valence-electron chi connectivity index (χ0n) is 8.20. The van der Waals surface area contributed by atoms with Gasteiger partial charge in [0.05, 0.1) is 5.69 Å². The average molecular weight is 240 g/mol. The molecule has 2 rings (SSSR count). The van der Waals surface area contributed by atoms with Crippen molar-refractivity contribution in [2.45, 2.75) is 12.8 Å². The van der Waals surface area contributed by atoms with Crippen molar-refractivity contribution in [3.8, 4) is 0 Å². The highest BCUT2D eigenvalue weighted by Gasteiger charge is 2.00. The summed E-state index contributed by atoms with van der Waals surface area (Å²) in [5, 5.41) is 5.98. The lowest BCUT2D eigenvalue weighted by molar-refractivity contribution is 1.22. The van der Waals surface area contributed by atoms with Gasteiger partial charge in [0.1, 0.15) is 5.82 Å². The van der Waals surface area contributed by atoms with Crippen LogP contribution in [-0.2, 0) is 5.88 Å². The molecule has 0 aromatic carbocycles. The van der Waals surface area contributed by atoms with Crippen LogP contribution < -0.4 is 5.32 Å². The maximum atomic E-state index is 5.74. The number of alkyl halides is 1. The minimum absolute atomic E-state index is 0.494. The second kappa shape index (κ2) is 4.59. The molecule has 1 N–H and O–H groups in total. The highest BCUT2D eigenvalue weighted by Crippen LogP contribution is 2.19. The maximum Gasteiger partial charge on any atom is 0.188 e. The van der Waals surface area contributed by atoms with Crippen LogP contribution in [0.2, 0.25) is 0 Å². The lowest BCUT2D eigenvalue weighted by Gasteiger charge is -2.02. The van der Waals surface area contributed by atoms with E-state index >= 15 is 0 Å². The molecule has 0 saturated carbocycles. The van der Waals surface area contributed by atoms with E-state index in [4.69, 9.17) is 11.6 Å². The number of thiazole rings is 1. The molecule has 0 atom stereocenters. The van der Waals surface area contributed by atoms with Crippen molar-refractivity contribution in [3.05, 3.63) is 35.0 Å². The van der Waals surface area contributed by atoms with Crippen LogP contribution in [-0.4, -0.2) is 9.97 Å². The van der Waals surface area contributed by atoms with Gasteiger partial charge in [-0.15, -0.1) is 22.9 Å². The number of anilines is 2. The summed E-state index contributed by atoms with van der Waals surface area (Å²) in [4.78, 5) is 8.48. The van der Waals surface area contributed by atoms with E-state index in [9.17, 15) is 0 Å². The summed E-state index contributed by atoms with van der Waals surface area (Å²) in [5.41, 5.74) is 2.05. The van der Waals surface area contributed by atoms with Crippen LogP contribution in [0.15, 0.2) is 23.7 Å². The SMILES string of the molecule is Cc1csc(Nc2cc(CCl)ccn2)n1. The van der Waals surface area contributed by atoms with Crippen molar-refractivity contribution in [1.29, 1.82) is 0 Å². The molecule has 0 saturated heterocycles. The van der Waals surface area contributed by atoms with E-state index in [0.29, 0.717) is 5.88 Å². The predicted octanol–water partition coefficient (Wildman–Crippen LogP) is 3.33. The quantitative estimate of drug-likeness (QED) is 0.835. The Kier molecular flexibility index (Phi) is 3.18. The van der Waals surface area contributed by atoms with Gasteiger partial charge in [-0.1, -0.05) is 0 Å². The fourth-order valence-electron chi connectivity index (χ4n) is 1.15. The van der Waals surface area contributed by atoms with Crippen molar-refractivity contribution < 1.29 is 0 Å². The van der Waals surface area contributed by atoms with Crippen molar-refractivity contribution in [1.82, 2.24) is 9.97 Å². The van der Waals surface area contributed by atoms with Gasteiger partial charge in [0, 0.05) is 17.5 Å². The average Bonchev–Trinajstić information content (AvgIpc) is 2.64. The smallest absolute Gasteiger partial charge is 0.188 e. The third kappa shape index (κ3) is 2.67. The lowest BCUT2D eigenvalue weighted by atomic mass is 10.3. The van der Waals surface area contributed by atoms with Crippen LogP contribution in [0.4, 0.5) is 10.9 Å². The van der Waals surface area contributed by atoms with E-state index in [2.05, 4.69) is 15.3 Å².